The van der Waals surface area contributed by atoms with Gasteiger partial charge in [0.15, 0.2) is 5.79 Å². The van der Waals surface area contributed by atoms with E-state index in [-0.39, 0.29) is 5.97 Å². The van der Waals surface area contributed by atoms with Crippen molar-refractivity contribution in [3.05, 3.63) is 35.9 Å². The average molecular weight is 314 g/mol. The first-order valence-corrected chi connectivity index (χ1v) is 8.13. The molecule has 1 aromatic carbocycles. The fraction of sp³-hybridized carbons (Fsp3) is 0.526. The number of rotatable bonds is 3. The number of carbonyl (C=O) groups excluding carboxylic acids is 1. The Morgan fingerprint density at radius 3 is 2.83 bits per heavy atom. The van der Waals surface area contributed by atoms with Crippen molar-refractivity contribution in [3.63, 3.8) is 0 Å². The van der Waals surface area contributed by atoms with Crippen LogP contribution in [0.25, 0.3) is 0 Å². The van der Waals surface area contributed by atoms with Gasteiger partial charge in [0, 0.05) is 25.0 Å². The van der Waals surface area contributed by atoms with Crippen LogP contribution in [0.1, 0.15) is 38.2 Å². The van der Waals surface area contributed by atoms with Crippen LogP contribution in [0.2, 0.25) is 0 Å². The molecule has 4 nitrogen and oxygen atoms in total. The zero-order valence-corrected chi connectivity index (χ0v) is 13.6. The molecule has 3 atom stereocenters. The van der Waals surface area contributed by atoms with Crippen LogP contribution in [-0.4, -0.2) is 31.1 Å². The zero-order chi connectivity index (χ0) is 16.3. The van der Waals surface area contributed by atoms with Gasteiger partial charge in [0.1, 0.15) is 11.5 Å². The molecule has 2 aliphatic heterocycles. The van der Waals surface area contributed by atoms with Gasteiger partial charge in [-0.3, -0.25) is 4.79 Å². The lowest BCUT2D eigenvalue weighted by Crippen LogP contribution is -2.44. The smallest absolute Gasteiger partial charge is 0.312 e. The molecule has 3 rings (SSSR count). The minimum Gasteiger partial charge on any atom is -0.469 e. The van der Waals surface area contributed by atoms with Crippen LogP contribution >= 0.6 is 0 Å². The standard InChI is InChI=1S/C19H22O4/c1-3-22-19-12-7-11-18(23-19,16(14-19)17(20)21-2)13-10-15-8-5-4-6-9-15/h4-6,8-9,16H,3,7,11-12,14H2,1-2H3/t16-,18+,19+/m0/s1. The summed E-state index contributed by atoms with van der Waals surface area (Å²) in [5.74, 6) is 5.03. The Kier molecular flexibility index (Phi) is 4.43. The molecule has 0 unspecified atom stereocenters. The highest BCUT2D eigenvalue weighted by Gasteiger charge is 2.61. The van der Waals surface area contributed by atoms with E-state index in [2.05, 4.69) is 11.8 Å². The SMILES string of the molecule is CCO[C@]12CCC[C@](C#Cc3ccccc3)(O1)[C@H](C(=O)OC)C2. The van der Waals surface area contributed by atoms with Gasteiger partial charge in [0.25, 0.3) is 0 Å². The quantitative estimate of drug-likeness (QED) is 0.636. The maximum Gasteiger partial charge on any atom is 0.312 e. The summed E-state index contributed by atoms with van der Waals surface area (Å²) in [4.78, 5) is 12.3. The number of benzene rings is 1. The van der Waals surface area contributed by atoms with E-state index >= 15 is 0 Å². The van der Waals surface area contributed by atoms with Crippen molar-refractivity contribution >= 4 is 5.97 Å². The summed E-state index contributed by atoms with van der Waals surface area (Å²) in [5.41, 5.74) is 0.102. The molecule has 122 valence electrons. The Hall–Kier alpha value is -1.83. The third kappa shape index (κ3) is 2.99. The summed E-state index contributed by atoms with van der Waals surface area (Å²) < 4.78 is 17.1. The molecule has 4 heteroatoms. The maximum absolute atomic E-state index is 12.3. The third-order valence-corrected chi connectivity index (χ3v) is 4.64. The summed E-state index contributed by atoms with van der Waals surface area (Å²) in [6.45, 7) is 2.49. The lowest BCUT2D eigenvalue weighted by atomic mass is 9.85. The zero-order valence-electron chi connectivity index (χ0n) is 13.6. The van der Waals surface area contributed by atoms with Crippen LogP contribution in [-0.2, 0) is 19.0 Å². The summed E-state index contributed by atoms with van der Waals surface area (Å²) in [5, 5.41) is 0. The predicted octanol–water partition coefficient (Wildman–Crippen LogP) is 2.90. The molecule has 2 heterocycles. The van der Waals surface area contributed by atoms with Gasteiger partial charge in [-0.05, 0) is 31.9 Å². The molecular formula is C19H22O4. The molecule has 1 aromatic rings. The molecule has 2 saturated heterocycles. The van der Waals surface area contributed by atoms with E-state index in [9.17, 15) is 4.79 Å². The predicted molar refractivity (Wildman–Crippen MR) is 85.5 cm³/mol. The number of ether oxygens (including phenoxy) is 3. The Labute approximate surface area is 137 Å². The molecule has 0 radical (unpaired) electrons. The Morgan fingerprint density at radius 1 is 1.35 bits per heavy atom. The second-order valence-electron chi connectivity index (χ2n) is 6.08. The number of hydrogen-bond donors (Lipinski definition) is 0. The van der Waals surface area contributed by atoms with Crippen LogP contribution in [0, 0.1) is 17.8 Å². The summed E-state index contributed by atoms with van der Waals surface area (Å²) in [6.07, 6.45) is 2.96. The van der Waals surface area contributed by atoms with Gasteiger partial charge < -0.3 is 14.2 Å². The van der Waals surface area contributed by atoms with E-state index in [4.69, 9.17) is 14.2 Å². The Balaban J connectivity index is 1.96. The number of fused-ring (bicyclic) bond motifs is 2. The molecule has 23 heavy (non-hydrogen) atoms. The highest BCUT2D eigenvalue weighted by molar-refractivity contribution is 5.75. The largest absolute Gasteiger partial charge is 0.469 e. The minimum atomic E-state index is -0.809. The van der Waals surface area contributed by atoms with Gasteiger partial charge in [-0.15, -0.1) is 0 Å². The topological polar surface area (TPSA) is 44.8 Å². The maximum atomic E-state index is 12.3. The van der Waals surface area contributed by atoms with Crippen LogP contribution in [0.15, 0.2) is 30.3 Å². The van der Waals surface area contributed by atoms with Crippen molar-refractivity contribution in [3.8, 4) is 11.8 Å². The number of carbonyl (C=O) groups is 1. The molecule has 0 saturated carbocycles. The number of hydrogen-bond acceptors (Lipinski definition) is 4. The second-order valence-corrected chi connectivity index (χ2v) is 6.08. The van der Waals surface area contributed by atoms with Crippen LogP contribution in [0.4, 0.5) is 0 Å². The van der Waals surface area contributed by atoms with Crippen LogP contribution in [0.5, 0.6) is 0 Å². The van der Waals surface area contributed by atoms with Crippen molar-refractivity contribution in [2.75, 3.05) is 13.7 Å². The van der Waals surface area contributed by atoms with Gasteiger partial charge in [0.2, 0.25) is 0 Å². The number of methoxy groups -OCH3 is 1. The lowest BCUT2D eigenvalue weighted by molar-refractivity contribution is -0.260. The van der Waals surface area contributed by atoms with Gasteiger partial charge in [-0.1, -0.05) is 30.0 Å². The average Bonchev–Trinajstić information content (AvgIpc) is 2.81. The highest BCUT2D eigenvalue weighted by atomic mass is 16.7. The van der Waals surface area contributed by atoms with Gasteiger partial charge in [-0.25, -0.2) is 0 Å². The monoisotopic (exact) mass is 314 g/mol. The normalized spacial score (nSPS) is 32.0. The Bertz CT molecular complexity index is 626. The molecule has 2 bridgehead atoms. The summed E-state index contributed by atoms with van der Waals surface area (Å²) in [6, 6.07) is 9.74. The van der Waals surface area contributed by atoms with E-state index in [0.29, 0.717) is 13.0 Å². The van der Waals surface area contributed by atoms with Crippen molar-refractivity contribution in [1.29, 1.82) is 0 Å². The highest BCUT2D eigenvalue weighted by Crippen LogP contribution is 2.52. The van der Waals surface area contributed by atoms with Gasteiger partial charge in [-0.2, -0.15) is 0 Å². The molecule has 0 N–H and O–H groups in total. The molecule has 0 amide bonds. The number of esters is 1. The van der Waals surface area contributed by atoms with Gasteiger partial charge >= 0.3 is 5.97 Å². The van der Waals surface area contributed by atoms with E-state index < -0.39 is 17.3 Å². The molecular weight excluding hydrogens is 292 g/mol. The van der Waals surface area contributed by atoms with Crippen LogP contribution in [0.3, 0.4) is 0 Å². The van der Waals surface area contributed by atoms with Crippen molar-refractivity contribution in [2.24, 2.45) is 5.92 Å². The first-order chi connectivity index (χ1) is 11.1. The fourth-order valence-electron chi connectivity index (χ4n) is 3.63. The summed E-state index contributed by atoms with van der Waals surface area (Å²) in [7, 11) is 1.41. The van der Waals surface area contributed by atoms with E-state index in [1.54, 1.807) is 0 Å². The molecule has 2 fully saturated rings. The summed E-state index contributed by atoms with van der Waals surface area (Å²) >= 11 is 0. The minimum absolute atomic E-state index is 0.268. The molecule has 2 aliphatic rings. The lowest BCUT2D eigenvalue weighted by Gasteiger charge is -2.37. The van der Waals surface area contributed by atoms with E-state index in [1.807, 2.05) is 37.3 Å². The molecule has 0 spiro atoms. The first-order valence-electron chi connectivity index (χ1n) is 8.13. The molecule has 0 aliphatic carbocycles. The van der Waals surface area contributed by atoms with Gasteiger partial charge in [0.05, 0.1) is 7.11 Å². The second kappa shape index (κ2) is 6.35. The first kappa shape index (κ1) is 16.0. The Morgan fingerprint density at radius 2 is 2.13 bits per heavy atom. The van der Waals surface area contributed by atoms with E-state index in [0.717, 1.165) is 24.8 Å². The van der Waals surface area contributed by atoms with Crippen molar-refractivity contribution < 1.29 is 19.0 Å². The van der Waals surface area contributed by atoms with Crippen molar-refractivity contribution in [2.45, 2.75) is 44.0 Å². The fourth-order valence-corrected chi connectivity index (χ4v) is 3.63. The van der Waals surface area contributed by atoms with Crippen LogP contribution < -0.4 is 0 Å². The third-order valence-electron chi connectivity index (χ3n) is 4.64. The van der Waals surface area contributed by atoms with Crippen molar-refractivity contribution in [1.82, 2.24) is 0 Å². The van der Waals surface area contributed by atoms with E-state index in [1.165, 1.54) is 7.11 Å². The molecule has 0 aromatic heterocycles.